The Morgan fingerprint density at radius 2 is 1.93 bits per heavy atom. The van der Waals surface area contributed by atoms with Crippen LogP contribution in [0.1, 0.15) is 24.0 Å². The minimum Gasteiger partial charge on any atom is -0.495 e. The van der Waals surface area contributed by atoms with Crippen molar-refractivity contribution in [3.8, 4) is 5.75 Å². The van der Waals surface area contributed by atoms with Crippen molar-refractivity contribution < 1.29 is 17.9 Å². The minimum atomic E-state index is -3.74. The van der Waals surface area contributed by atoms with Gasteiger partial charge in [0.2, 0.25) is 15.9 Å². The maximum atomic E-state index is 13.0. The van der Waals surface area contributed by atoms with Gasteiger partial charge >= 0.3 is 0 Å². The second-order valence-corrected chi connectivity index (χ2v) is 9.52. The molecule has 0 unspecified atom stereocenters. The molecule has 1 aliphatic rings. The lowest BCUT2D eigenvalue weighted by molar-refractivity contribution is -0.126. The van der Waals surface area contributed by atoms with E-state index in [9.17, 15) is 13.2 Å². The summed E-state index contributed by atoms with van der Waals surface area (Å²) in [6.45, 7) is 3.04. The van der Waals surface area contributed by atoms with Crippen LogP contribution < -0.4 is 10.1 Å². The van der Waals surface area contributed by atoms with Gasteiger partial charge in [0.05, 0.1) is 7.11 Å². The van der Waals surface area contributed by atoms with Crippen molar-refractivity contribution in [2.75, 3.05) is 20.2 Å². The predicted molar refractivity (Wildman–Crippen MR) is 113 cm³/mol. The van der Waals surface area contributed by atoms with E-state index in [0.29, 0.717) is 24.4 Å². The molecule has 0 spiro atoms. The molecule has 1 heterocycles. The zero-order valence-electron chi connectivity index (χ0n) is 16.5. The SMILES string of the molecule is COc1ccc(Cl)cc1S(=O)(=O)N1CCC(C(=O)NCc2cccc(C)c2)CC1. The molecule has 8 heteroatoms. The van der Waals surface area contributed by atoms with E-state index >= 15 is 0 Å². The molecule has 156 valence electrons. The van der Waals surface area contributed by atoms with Crippen LogP contribution in [0, 0.1) is 12.8 Å². The molecule has 1 N–H and O–H groups in total. The molecule has 3 rings (SSSR count). The fourth-order valence-corrected chi connectivity index (χ4v) is 5.39. The highest BCUT2D eigenvalue weighted by atomic mass is 35.5. The molecule has 1 aliphatic heterocycles. The summed E-state index contributed by atoms with van der Waals surface area (Å²) in [5.74, 6) is 0.0174. The summed E-state index contributed by atoms with van der Waals surface area (Å²) < 4.78 is 32.6. The largest absolute Gasteiger partial charge is 0.495 e. The number of hydrogen-bond acceptors (Lipinski definition) is 4. The molecule has 29 heavy (non-hydrogen) atoms. The molecule has 0 atom stereocenters. The Bertz CT molecular complexity index is 986. The van der Waals surface area contributed by atoms with Crippen molar-refractivity contribution in [3.05, 3.63) is 58.6 Å². The Hall–Kier alpha value is -2.09. The van der Waals surface area contributed by atoms with Crippen molar-refractivity contribution in [1.29, 1.82) is 0 Å². The van der Waals surface area contributed by atoms with Crippen molar-refractivity contribution >= 4 is 27.5 Å². The number of piperidine rings is 1. The molecular weight excluding hydrogens is 412 g/mol. The van der Waals surface area contributed by atoms with Crippen LogP contribution in [0.15, 0.2) is 47.4 Å². The average Bonchev–Trinajstić information content (AvgIpc) is 2.72. The number of hydrogen-bond donors (Lipinski definition) is 1. The molecule has 1 fully saturated rings. The Labute approximate surface area is 176 Å². The third-order valence-corrected chi connectivity index (χ3v) is 7.27. The number of ether oxygens (including phenoxy) is 1. The van der Waals surface area contributed by atoms with E-state index in [4.69, 9.17) is 16.3 Å². The van der Waals surface area contributed by atoms with E-state index in [-0.39, 0.29) is 35.6 Å². The van der Waals surface area contributed by atoms with Crippen LogP contribution in [0.3, 0.4) is 0 Å². The van der Waals surface area contributed by atoms with Gasteiger partial charge in [0, 0.05) is 30.6 Å². The molecule has 1 amide bonds. The van der Waals surface area contributed by atoms with Gasteiger partial charge in [-0.1, -0.05) is 41.4 Å². The lowest BCUT2D eigenvalue weighted by Crippen LogP contribution is -2.42. The van der Waals surface area contributed by atoms with E-state index in [1.165, 1.54) is 17.5 Å². The molecule has 6 nitrogen and oxygen atoms in total. The zero-order valence-corrected chi connectivity index (χ0v) is 18.1. The summed E-state index contributed by atoms with van der Waals surface area (Å²) in [4.78, 5) is 12.6. The molecule has 0 aromatic heterocycles. The van der Waals surface area contributed by atoms with Crippen LogP contribution in [-0.4, -0.2) is 38.8 Å². The fourth-order valence-electron chi connectivity index (χ4n) is 3.51. The van der Waals surface area contributed by atoms with E-state index < -0.39 is 10.0 Å². The van der Waals surface area contributed by atoms with Crippen molar-refractivity contribution in [2.45, 2.75) is 31.2 Å². The highest BCUT2D eigenvalue weighted by Gasteiger charge is 2.33. The maximum Gasteiger partial charge on any atom is 0.246 e. The number of halogens is 1. The summed E-state index contributed by atoms with van der Waals surface area (Å²) >= 11 is 5.99. The summed E-state index contributed by atoms with van der Waals surface area (Å²) in [5.41, 5.74) is 2.19. The molecule has 2 aromatic carbocycles. The Balaban J connectivity index is 1.61. The number of carbonyl (C=O) groups excluding carboxylic acids is 1. The molecule has 2 aromatic rings. The van der Waals surface area contributed by atoms with Gasteiger partial charge in [0.15, 0.2) is 0 Å². The topological polar surface area (TPSA) is 75.7 Å². The van der Waals surface area contributed by atoms with Gasteiger partial charge in [-0.05, 0) is 43.5 Å². The number of sulfonamides is 1. The zero-order chi connectivity index (χ0) is 21.0. The summed E-state index contributed by atoms with van der Waals surface area (Å²) in [5, 5.41) is 3.29. The molecule has 0 saturated carbocycles. The van der Waals surface area contributed by atoms with Crippen LogP contribution in [0.2, 0.25) is 5.02 Å². The minimum absolute atomic E-state index is 0.0381. The highest BCUT2D eigenvalue weighted by Crippen LogP contribution is 2.31. The molecule has 0 radical (unpaired) electrons. The Morgan fingerprint density at radius 3 is 2.59 bits per heavy atom. The monoisotopic (exact) mass is 436 g/mol. The Morgan fingerprint density at radius 1 is 1.21 bits per heavy atom. The number of nitrogens with one attached hydrogen (secondary N) is 1. The maximum absolute atomic E-state index is 13.0. The van der Waals surface area contributed by atoms with Crippen molar-refractivity contribution in [3.63, 3.8) is 0 Å². The number of methoxy groups -OCH3 is 1. The third kappa shape index (κ3) is 5.10. The van der Waals surface area contributed by atoms with Crippen LogP contribution in [-0.2, 0) is 21.4 Å². The number of rotatable bonds is 6. The standard InChI is InChI=1S/C21H25ClN2O4S/c1-15-4-3-5-16(12-15)14-23-21(25)17-8-10-24(11-9-17)29(26,27)20-13-18(22)6-7-19(20)28-2/h3-7,12-13,17H,8-11,14H2,1-2H3,(H,23,25). The van der Waals surface area contributed by atoms with Gasteiger partial charge in [-0.3, -0.25) is 4.79 Å². The number of aryl methyl sites for hydroxylation is 1. The normalized spacial score (nSPS) is 15.8. The lowest BCUT2D eigenvalue weighted by atomic mass is 9.97. The van der Waals surface area contributed by atoms with Crippen LogP contribution in [0.5, 0.6) is 5.75 Å². The van der Waals surface area contributed by atoms with Gasteiger partial charge in [0.1, 0.15) is 10.6 Å². The molecular formula is C21H25ClN2O4S. The first-order chi connectivity index (χ1) is 13.8. The number of carbonyl (C=O) groups is 1. The second kappa shape index (κ2) is 9.15. The van der Waals surface area contributed by atoms with Crippen LogP contribution in [0.4, 0.5) is 0 Å². The van der Waals surface area contributed by atoms with Gasteiger partial charge in [-0.15, -0.1) is 0 Å². The second-order valence-electron chi connectivity index (χ2n) is 7.18. The van der Waals surface area contributed by atoms with E-state index in [1.807, 2.05) is 31.2 Å². The average molecular weight is 437 g/mol. The smallest absolute Gasteiger partial charge is 0.246 e. The number of benzene rings is 2. The quantitative estimate of drug-likeness (QED) is 0.753. The molecule has 0 bridgehead atoms. The number of amides is 1. The van der Waals surface area contributed by atoms with E-state index in [2.05, 4.69) is 5.32 Å². The number of nitrogens with zero attached hydrogens (tertiary/aromatic N) is 1. The van der Waals surface area contributed by atoms with Crippen LogP contribution >= 0.6 is 11.6 Å². The fraction of sp³-hybridized carbons (Fsp3) is 0.381. The van der Waals surface area contributed by atoms with Gasteiger partial charge in [-0.25, -0.2) is 8.42 Å². The first-order valence-electron chi connectivity index (χ1n) is 9.48. The van der Waals surface area contributed by atoms with Crippen LogP contribution in [0.25, 0.3) is 0 Å². The van der Waals surface area contributed by atoms with Crippen molar-refractivity contribution in [2.24, 2.45) is 5.92 Å². The third-order valence-electron chi connectivity index (χ3n) is 5.12. The van der Waals surface area contributed by atoms with Gasteiger partial charge < -0.3 is 10.1 Å². The summed E-state index contributed by atoms with van der Waals surface area (Å²) in [6.07, 6.45) is 0.948. The first kappa shape index (κ1) is 21.6. The van der Waals surface area contributed by atoms with E-state index in [0.717, 1.165) is 11.1 Å². The Kier molecular flexibility index (Phi) is 6.82. The molecule has 1 saturated heterocycles. The summed E-state index contributed by atoms with van der Waals surface area (Å²) in [6, 6.07) is 12.5. The lowest BCUT2D eigenvalue weighted by Gasteiger charge is -2.31. The molecule has 0 aliphatic carbocycles. The van der Waals surface area contributed by atoms with Gasteiger partial charge in [0.25, 0.3) is 0 Å². The van der Waals surface area contributed by atoms with E-state index in [1.54, 1.807) is 12.1 Å². The van der Waals surface area contributed by atoms with Crippen molar-refractivity contribution in [1.82, 2.24) is 9.62 Å². The van der Waals surface area contributed by atoms with Gasteiger partial charge in [-0.2, -0.15) is 4.31 Å². The first-order valence-corrected chi connectivity index (χ1v) is 11.3. The summed E-state index contributed by atoms with van der Waals surface area (Å²) in [7, 11) is -2.32. The highest BCUT2D eigenvalue weighted by molar-refractivity contribution is 7.89. The predicted octanol–water partition coefficient (Wildman–Crippen LogP) is 3.37.